The molecule has 0 radical (unpaired) electrons. The van der Waals surface area contributed by atoms with Gasteiger partial charge >= 0.3 is 0 Å². The summed E-state index contributed by atoms with van der Waals surface area (Å²) in [5, 5.41) is 11.8. The van der Waals surface area contributed by atoms with Gasteiger partial charge in [0.1, 0.15) is 0 Å². The second-order valence-corrected chi connectivity index (χ2v) is 6.25. The minimum absolute atomic E-state index is 0.157. The molecule has 1 heterocycles. The molecule has 0 bridgehead atoms. The number of hydrogen-bond acceptors (Lipinski definition) is 4. The average Bonchev–Trinajstić information content (AvgIpc) is 2.32. The number of hydrogen-bond donors (Lipinski definition) is 3. The molecular weight excluding hydrogens is 250 g/mol. The summed E-state index contributed by atoms with van der Waals surface area (Å²) >= 11 is 0. The van der Waals surface area contributed by atoms with E-state index in [1.807, 2.05) is 6.92 Å². The Bertz CT molecular complexity index is 522. The lowest BCUT2D eigenvalue weighted by Crippen LogP contribution is -2.35. The van der Waals surface area contributed by atoms with Gasteiger partial charge in [-0.05, 0) is 50.6 Å². The predicted octanol–water partition coefficient (Wildman–Crippen LogP) is 0.806. The first-order chi connectivity index (χ1) is 8.47. The first kappa shape index (κ1) is 13.3. The first-order valence-electron chi connectivity index (χ1n) is 6.07. The summed E-state index contributed by atoms with van der Waals surface area (Å²) in [4.78, 5) is 0.157. The molecule has 100 valence electrons. The van der Waals surface area contributed by atoms with Crippen LogP contribution < -0.4 is 15.8 Å². The zero-order valence-corrected chi connectivity index (χ0v) is 11.3. The number of nitrogens with two attached hydrogens (primary N) is 1. The Balaban J connectivity index is 2.21. The quantitative estimate of drug-likeness (QED) is 0.758. The van der Waals surface area contributed by atoms with Crippen molar-refractivity contribution in [2.75, 3.05) is 18.4 Å². The molecule has 1 fully saturated rings. The zero-order valence-electron chi connectivity index (χ0n) is 10.4. The van der Waals surface area contributed by atoms with Crippen LogP contribution in [-0.2, 0) is 10.0 Å². The van der Waals surface area contributed by atoms with Crippen molar-refractivity contribution in [2.45, 2.75) is 30.7 Å². The van der Waals surface area contributed by atoms with Crippen molar-refractivity contribution in [3.05, 3.63) is 23.8 Å². The Hall–Kier alpha value is -1.11. The van der Waals surface area contributed by atoms with Crippen LogP contribution in [0.5, 0.6) is 0 Å². The van der Waals surface area contributed by atoms with Crippen LogP contribution >= 0.6 is 0 Å². The molecule has 18 heavy (non-hydrogen) atoms. The number of benzene rings is 1. The van der Waals surface area contributed by atoms with E-state index in [0.717, 1.165) is 37.2 Å². The molecular formula is C12H19N3O2S. The van der Waals surface area contributed by atoms with Crippen molar-refractivity contribution < 1.29 is 8.42 Å². The van der Waals surface area contributed by atoms with Crippen molar-refractivity contribution in [3.8, 4) is 0 Å². The molecule has 0 amide bonds. The third-order valence-corrected chi connectivity index (χ3v) is 4.15. The maximum Gasteiger partial charge on any atom is 0.238 e. The fraction of sp³-hybridized carbons (Fsp3) is 0.500. The third-order valence-electron chi connectivity index (χ3n) is 3.24. The van der Waals surface area contributed by atoms with Gasteiger partial charge in [-0.2, -0.15) is 0 Å². The third kappa shape index (κ3) is 3.22. The van der Waals surface area contributed by atoms with Crippen molar-refractivity contribution in [3.63, 3.8) is 0 Å². The summed E-state index contributed by atoms with van der Waals surface area (Å²) in [7, 11) is -3.64. The molecule has 1 aromatic carbocycles. The maximum atomic E-state index is 11.3. The van der Waals surface area contributed by atoms with Crippen LogP contribution in [0.1, 0.15) is 18.4 Å². The van der Waals surface area contributed by atoms with E-state index >= 15 is 0 Å². The molecule has 0 aromatic heterocycles. The SMILES string of the molecule is Cc1ccc(S(N)(=O)=O)cc1NC1CCNCC1. The van der Waals surface area contributed by atoms with E-state index in [1.54, 1.807) is 12.1 Å². The summed E-state index contributed by atoms with van der Waals surface area (Å²) in [6.45, 7) is 3.94. The lowest BCUT2D eigenvalue weighted by molar-refractivity contribution is 0.479. The molecule has 0 atom stereocenters. The molecule has 0 saturated carbocycles. The number of anilines is 1. The second-order valence-electron chi connectivity index (χ2n) is 4.69. The molecule has 0 aliphatic carbocycles. The van der Waals surface area contributed by atoms with E-state index in [4.69, 9.17) is 5.14 Å². The largest absolute Gasteiger partial charge is 0.382 e. The van der Waals surface area contributed by atoms with Crippen molar-refractivity contribution in [2.24, 2.45) is 5.14 Å². The van der Waals surface area contributed by atoms with Gasteiger partial charge in [0.2, 0.25) is 10.0 Å². The molecule has 1 aliphatic heterocycles. The van der Waals surface area contributed by atoms with Crippen LogP contribution in [0.2, 0.25) is 0 Å². The van der Waals surface area contributed by atoms with Crippen molar-refractivity contribution >= 4 is 15.7 Å². The molecule has 4 N–H and O–H groups in total. The molecule has 1 aliphatic rings. The lowest BCUT2D eigenvalue weighted by atomic mass is 10.1. The fourth-order valence-corrected chi connectivity index (χ4v) is 2.66. The van der Waals surface area contributed by atoms with Gasteiger partial charge in [-0.1, -0.05) is 6.07 Å². The Kier molecular flexibility index (Phi) is 3.89. The summed E-state index contributed by atoms with van der Waals surface area (Å²) < 4.78 is 22.7. The van der Waals surface area contributed by atoms with Crippen LogP contribution in [0.4, 0.5) is 5.69 Å². The van der Waals surface area contributed by atoms with Gasteiger partial charge in [0.25, 0.3) is 0 Å². The number of piperidine rings is 1. The first-order valence-corrected chi connectivity index (χ1v) is 7.62. The number of nitrogens with one attached hydrogen (secondary N) is 2. The van der Waals surface area contributed by atoms with E-state index in [9.17, 15) is 8.42 Å². The Morgan fingerprint density at radius 3 is 2.61 bits per heavy atom. The van der Waals surface area contributed by atoms with Gasteiger partial charge in [-0.3, -0.25) is 0 Å². The second kappa shape index (κ2) is 5.26. The monoisotopic (exact) mass is 269 g/mol. The molecule has 1 aromatic rings. The van der Waals surface area contributed by atoms with Gasteiger partial charge in [0.15, 0.2) is 0 Å². The number of rotatable bonds is 3. The average molecular weight is 269 g/mol. The molecule has 5 nitrogen and oxygen atoms in total. The smallest absolute Gasteiger partial charge is 0.238 e. The van der Waals surface area contributed by atoms with Crippen LogP contribution in [-0.4, -0.2) is 27.5 Å². The van der Waals surface area contributed by atoms with Crippen LogP contribution in [0.15, 0.2) is 23.1 Å². The minimum atomic E-state index is -3.64. The highest BCUT2D eigenvalue weighted by atomic mass is 32.2. The van der Waals surface area contributed by atoms with E-state index < -0.39 is 10.0 Å². The van der Waals surface area contributed by atoms with E-state index in [1.165, 1.54) is 6.07 Å². The highest BCUT2D eigenvalue weighted by Gasteiger charge is 2.15. The number of aryl methyl sites for hydroxylation is 1. The maximum absolute atomic E-state index is 11.3. The Morgan fingerprint density at radius 1 is 1.33 bits per heavy atom. The topological polar surface area (TPSA) is 84.2 Å². The lowest BCUT2D eigenvalue weighted by Gasteiger charge is -2.25. The summed E-state index contributed by atoms with van der Waals surface area (Å²) in [5.74, 6) is 0. The molecule has 6 heteroatoms. The normalized spacial score (nSPS) is 17.7. The summed E-state index contributed by atoms with van der Waals surface area (Å²) in [5.41, 5.74) is 1.88. The summed E-state index contributed by atoms with van der Waals surface area (Å²) in [6, 6.07) is 5.33. The van der Waals surface area contributed by atoms with Gasteiger partial charge < -0.3 is 10.6 Å². The van der Waals surface area contributed by atoms with Crippen LogP contribution in [0.3, 0.4) is 0 Å². The van der Waals surface area contributed by atoms with Crippen LogP contribution in [0, 0.1) is 6.92 Å². The number of sulfonamides is 1. The van der Waals surface area contributed by atoms with E-state index in [0.29, 0.717) is 6.04 Å². The number of primary sulfonamides is 1. The van der Waals surface area contributed by atoms with E-state index in [-0.39, 0.29) is 4.90 Å². The van der Waals surface area contributed by atoms with Crippen LogP contribution in [0.25, 0.3) is 0 Å². The molecule has 2 rings (SSSR count). The van der Waals surface area contributed by atoms with Gasteiger partial charge in [0.05, 0.1) is 4.90 Å². The highest BCUT2D eigenvalue weighted by molar-refractivity contribution is 7.89. The van der Waals surface area contributed by atoms with Crippen molar-refractivity contribution in [1.29, 1.82) is 0 Å². The van der Waals surface area contributed by atoms with E-state index in [2.05, 4.69) is 10.6 Å². The Labute approximate surface area is 108 Å². The highest BCUT2D eigenvalue weighted by Crippen LogP contribution is 2.21. The van der Waals surface area contributed by atoms with Gasteiger partial charge in [-0.15, -0.1) is 0 Å². The zero-order chi connectivity index (χ0) is 13.2. The minimum Gasteiger partial charge on any atom is -0.382 e. The molecule has 0 spiro atoms. The predicted molar refractivity (Wildman–Crippen MR) is 72.1 cm³/mol. The Morgan fingerprint density at radius 2 is 2.00 bits per heavy atom. The van der Waals surface area contributed by atoms with Crippen molar-refractivity contribution in [1.82, 2.24) is 5.32 Å². The molecule has 1 saturated heterocycles. The fourth-order valence-electron chi connectivity index (χ4n) is 2.12. The van der Waals surface area contributed by atoms with Gasteiger partial charge in [0, 0.05) is 11.7 Å². The summed E-state index contributed by atoms with van der Waals surface area (Å²) in [6.07, 6.45) is 2.08. The standard InChI is InChI=1S/C12H19N3O2S/c1-9-2-3-11(18(13,16)17)8-12(9)15-10-4-6-14-7-5-10/h2-3,8,10,14-15H,4-7H2,1H3,(H2,13,16,17). The van der Waals surface area contributed by atoms with Gasteiger partial charge in [-0.25, -0.2) is 13.6 Å². The molecule has 0 unspecified atom stereocenters.